The van der Waals surface area contributed by atoms with Crippen LogP contribution in [0.4, 0.5) is 5.69 Å². The molecule has 1 aliphatic heterocycles. The van der Waals surface area contributed by atoms with Crippen molar-refractivity contribution in [3.63, 3.8) is 0 Å². The molecule has 146 valence electrons. The van der Waals surface area contributed by atoms with Crippen LogP contribution in [0.1, 0.15) is 5.56 Å². The Kier molecular flexibility index (Phi) is 6.73. The minimum absolute atomic E-state index is 0.0429. The molecule has 5 nitrogen and oxygen atoms in total. The van der Waals surface area contributed by atoms with Gasteiger partial charge in [-0.3, -0.25) is 4.79 Å². The van der Waals surface area contributed by atoms with E-state index in [9.17, 15) is 4.79 Å². The van der Waals surface area contributed by atoms with Crippen molar-refractivity contribution in [3.8, 4) is 11.5 Å². The number of amides is 1. The van der Waals surface area contributed by atoms with Crippen LogP contribution in [-0.4, -0.2) is 50.7 Å². The van der Waals surface area contributed by atoms with Gasteiger partial charge in [-0.1, -0.05) is 24.8 Å². The summed E-state index contributed by atoms with van der Waals surface area (Å²) >= 11 is 0. The number of carbonyl (C=O) groups is 1. The Balaban J connectivity index is 1.50. The maximum Gasteiger partial charge on any atom is 0.246 e. The second-order valence-electron chi connectivity index (χ2n) is 6.51. The molecule has 0 atom stereocenters. The monoisotopic (exact) mass is 378 g/mol. The van der Waals surface area contributed by atoms with Gasteiger partial charge in [-0.15, -0.1) is 0 Å². The van der Waals surface area contributed by atoms with E-state index >= 15 is 0 Å². The number of benzene rings is 2. The van der Waals surface area contributed by atoms with Crippen LogP contribution in [0.15, 0.2) is 67.3 Å². The lowest BCUT2D eigenvalue weighted by molar-refractivity contribution is -0.126. The van der Waals surface area contributed by atoms with Gasteiger partial charge in [0.1, 0.15) is 18.1 Å². The maximum absolute atomic E-state index is 12.5. The standard InChI is InChI=1S/C23H26N2O3/c1-3-18-28-22-9-4-19(5-10-22)6-13-23(26)25-16-14-24(15-17-25)20-7-11-21(27-2)12-8-20/h3-13H,1,14-18H2,2H3/b13-6+. The maximum atomic E-state index is 12.5. The number of methoxy groups -OCH3 is 1. The van der Waals surface area contributed by atoms with Crippen molar-refractivity contribution in [2.75, 3.05) is 44.8 Å². The normalized spacial score (nSPS) is 14.2. The molecule has 1 saturated heterocycles. The summed E-state index contributed by atoms with van der Waals surface area (Å²) in [5, 5.41) is 0. The fourth-order valence-corrected chi connectivity index (χ4v) is 3.08. The molecule has 28 heavy (non-hydrogen) atoms. The van der Waals surface area contributed by atoms with Crippen molar-refractivity contribution in [3.05, 3.63) is 72.8 Å². The molecular weight excluding hydrogens is 352 g/mol. The smallest absolute Gasteiger partial charge is 0.246 e. The van der Waals surface area contributed by atoms with Crippen LogP contribution in [0.3, 0.4) is 0 Å². The summed E-state index contributed by atoms with van der Waals surface area (Å²) in [6.45, 7) is 7.18. The van der Waals surface area contributed by atoms with E-state index in [1.54, 1.807) is 19.3 Å². The highest BCUT2D eigenvalue weighted by atomic mass is 16.5. The molecule has 5 heteroatoms. The number of anilines is 1. The number of rotatable bonds is 7. The van der Waals surface area contributed by atoms with Gasteiger partial charge in [-0.2, -0.15) is 0 Å². The summed E-state index contributed by atoms with van der Waals surface area (Å²) < 4.78 is 10.7. The predicted molar refractivity (Wildman–Crippen MR) is 113 cm³/mol. The van der Waals surface area contributed by atoms with Gasteiger partial charge in [0, 0.05) is 37.9 Å². The van der Waals surface area contributed by atoms with Crippen molar-refractivity contribution in [1.82, 2.24) is 4.90 Å². The van der Waals surface area contributed by atoms with E-state index < -0.39 is 0 Å². The van der Waals surface area contributed by atoms with E-state index in [0.717, 1.165) is 35.8 Å². The Hall–Kier alpha value is -3.21. The van der Waals surface area contributed by atoms with Crippen LogP contribution < -0.4 is 14.4 Å². The molecule has 1 amide bonds. The SMILES string of the molecule is C=CCOc1ccc(/C=C/C(=O)N2CCN(c3ccc(OC)cc3)CC2)cc1. The molecule has 0 radical (unpaired) electrons. The van der Waals surface area contributed by atoms with Gasteiger partial charge < -0.3 is 19.3 Å². The number of hydrogen-bond acceptors (Lipinski definition) is 4. The number of hydrogen-bond donors (Lipinski definition) is 0. The fourth-order valence-electron chi connectivity index (χ4n) is 3.08. The van der Waals surface area contributed by atoms with Crippen molar-refractivity contribution in [1.29, 1.82) is 0 Å². The average molecular weight is 378 g/mol. The number of nitrogens with zero attached hydrogens (tertiary/aromatic N) is 2. The molecule has 0 unspecified atom stereocenters. The summed E-state index contributed by atoms with van der Waals surface area (Å²) in [6, 6.07) is 15.7. The third-order valence-corrected chi connectivity index (χ3v) is 4.70. The molecule has 0 saturated carbocycles. The summed E-state index contributed by atoms with van der Waals surface area (Å²) in [7, 11) is 1.66. The van der Waals surface area contributed by atoms with Crippen molar-refractivity contribution in [2.45, 2.75) is 0 Å². The Bertz CT molecular complexity index is 805. The van der Waals surface area contributed by atoms with Crippen molar-refractivity contribution < 1.29 is 14.3 Å². The van der Waals surface area contributed by atoms with Crippen LogP contribution in [-0.2, 0) is 4.79 Å². The zero-order valence-electron chi connectivity index (χ0n) is 16.2. The first kappa shape index (κ1) is 19.5. The van der Waals surface area contributed by atoms with E-state index in [1.165, 1.54) is 0 Å². The molecule has 0 spiro atoms. The molecule has 0 N–H and O–H groups in total. The molecule has 0 aliphatic carbocycles. The Morgan fingerprint density at radius 1 is 1.00 bits per heavy atom. The summed E-state index contributed by atoms with van der Waals surface area (Å²) in [6.07, 6.45) is 5.19. The second-order valence-corrected chi connectivity index (χ2v) is 6.51. The quantitative estimate of drug-likeness (QED) is 0.545. The zero-order chi connectivity index (χ0) is 19.8. The predicted octanol–water partition coefficient (Wildman–Crippen LogP) is 3.62. The molecule has 2 aromatic carbocycles. The van der Waals surface area contributed by atoms with Gasteiger partial charge in [-0.25, -0.2) is 0 Å². The highest BCUT2D eigenvalue weighted by molar-refractivity contribution is 5.92. The first-order valence-corrected chi connectivity index (χ1v) is 9.39. The lowest BCUT2D eigenvalue weighted by Gasteiger charge is -2.35. The number of piperazine rings is 1. The summed E-state index contributed by atoms with van der Waals surface area (Å²) in [5.74, 6) is 1.68. The van der Waals surface area contributed by atoms with Gasteiger partial charge in [0.05, 0.1) is 7.11 Å². The number of carbonyl (C=O) groups excluding carboxylic acids is 1. The molecule has 0 bridgehead atoms. The van der Waals surface area contributed by atoms with Crippen molar-refractivity contribution >= 4 is 17.7 Å². The largest absolute Gasteiger partial charge is 0.497 e. The molecule has 1 heterocycles. The van der Waals surface area contributed by atoms with Gasteiger partial charge in [-0.05, 0) is 48.0 Å². The molecular formula is C23H26N2O3. The molecule has 2 aromatic rings. The Labute approximate surface area is 166 Å². The topological polar surface area (TPSA) is 42.0 Å². The zero-order valence-corrected chi connectivity index (χ0v) is 16.2. The highest BCUT2D eigenvalue weighted by Gasteiger charge is 2.19. The Morgan fingerprint density at radius 3 is 2.25 bits per heavy atom. The minimum atomic E-state index is 0.0429. The number of ether oxygens (including phenoxy) is 2. The van der Waals surface area contributed by atoms with Crippen LogP contribution >= 0.6 is 0 Å². The van der Waals surface area contributed by atoms with Gasteiger partial charge in [0.2, 0.25) is 5.91 Å². The fraction of sp³-hybridized carbons (Fsp3) is 0.261. The molecule has 3 rings (SSSR count). The first-order chi connectivity index (χ1) is 13.7. The van der Waals surface area contributed by atoms with Crippen LogP contribution in [0.25, 0.3) is 6.08 Å². The van der Waals surface area contributed by atoms with Crippen LogP contribution in [0.5, 0.6) is 11.5 Å². The van der Waals surface area contributed by atoms with E-state index in [4.69, 9.17) is 9.47 Å². The summed E-state index contributed by atoms with van der Waals surface area (Å²) in [4.78, 5) is 16.6. The first-order valence-electron chi connectivity index (χ1n) is 9.39. The van der Waals surface area contributed by atoms with E-state index in [0.29, 0.717) is 19.7 Å². The summed E-state index contributed by atoms with van der Waals surface area (Å²) in [5.41, 5.74) is 2.12. The van der Waals surface area contributed by atoms with Crippen molar-refractivity contribution in [2.24, 2.45) is 0 Å². The molecule has 0 aromatic heterocycles. The van der Waals surface area contributed by atoms with Crippen LogP contribution in [0.2, 0.25) is 0 Å². The highest BCUT2D eigenvalue weighted by Crippen LogP contribution is 2.20. The third kappa shape index (κ3) is 5.16. The Morgan fingerprint density at radius 2 is 1.64 bits per heavy atom. The average Bonchev–Trinajstić information content (AvgIpc) is 2.77. The second kappa shape index (κ2) is 9.65. The van der Waals surface area contributed by atoms with Gasteiger partial charge >= 0.3 is 0 Å². The molecule has 1 aliphatic rings. The van der Waals surface area contributed by atoms with E-state index in [-0.39, 0.29) is 5.91 Å². The third-order valence-electron chi connectivity index (χ3n) is 4.70. The lowest BCUT2D eigenvalue weighted by atomic mass is 10.2. The van der Waals surface area contributed by atoms with E-state index in [2.05, 4.69) is 23.6 Å². The lowest BCUT2D eigenvalue weighted by Crippen LogP contribution is -2.48. The van der Waals surface area contributed by atoms with Gasteiger partial charge in [0.25, 0.3) is 0 Å². The minimum Gasteiger partial charge on any atom is -0.497 e. The van der Waals surface area contributed by atoms with Gasteiger partial charge in [0.15, 0.2) is 0 Å². The van der Waals surface area contributed by atoms with E-state index in [1.807, 2.05) is 47.4 Å². The molecule has 1 fully saturated rings. The van der Waals surface area contributed by atoms with Crippen LogP contribution in [0, 0.1) is 0 Å².